The van der Waals surface area contributed by atoms with Crippen LogP contribution in [0.3, 0.4) is 0 Å². The molecule has 0 bridgehead atoms. The lowest BCUT2D eigenvalue weighted by atomic mass is 10.4. The summed E-state index contributed by atoms with van der Waals surface area (Å²) >= 11 is 1.99. The fourth-order valence-electron chi connectivity index (χ4n) is 2.06. The summed E-state index contributed by atoms with van der Waals surface area (Å²) < 4.78 is 5.42. The normalized spacial score (nSPS) is 15.3. The average molecular weight is 291 g/mol. The summed E-state index contributed by atoms with van der Waals surface area (Å²) in [5.74, 6) is 5.56. The minimum absolute atomic E-state index is 0.528. The lowest BCUT2D eigenvalue weighted by Gasteiger charge is -2.27. The van der Waals surface area contributed by atoms with E-state index in [1.807, 2.05) is 24.8 Å². The van der Waals surface area contributed by atoms with Crippen LogP contribution in [0.15, 0.2) is 23.0 Å². The maximum atomic E-state index is 5.42. The van der Waals surface area contributed by atoms with Crippen molar-refractivity contribution in [2.45, 2.75) is 13.5 Å². The smallest absolute Gasteiger partial charge is 0.213 e. The summed E-state index contributed by atoms with van der Waals surface area (Å²) in [5.41, 5.74) is 0. The molecule has 1 saturated heterocycles. The molecule has 0 spiro atoms. The van der Waals surface area contributed by atoms with Crippen LogP contribution in [-0.2, 0) is 6.54 Å². The van der Waals surface area contributed by atoms with Gasteiger partial charge in [0.2, 0.25) is 5.89 Å². The monoisotopic (exact) mass is 291 g/mol. The molecular formula is C13H17N5OS. The minimum atomic E-state index is 0.528. The number of nitrogens with zero attached hydrogens (tertiary/aromatic N) is 4. The molecule has 2 aromatic rings. The predicted molar refractivity (Wildman–Crippen MR) is 80.1 cm³/mol. The fraction of sp³-hybridized carbons (Fsp3) is 0.462. The van der Waals surface area contributed by atoms with E-state index in [2.05, 4.69) is 25.2 Å². The number of nitrogens with one attached hydrogen (secondary N) is 1. The average Bonchev–Trinajstić information content (AvgIpc) is 2.92. The first-order valence-corrected chi connectivity index (χ1v) is 7.76. The number of thioether (sulfide) groups is 1. The molecule has 1 N–H and O–H groups in total. The van der Waals surface area contributed by atoms with E-state index < -0.39 is 0 Å². The van der Waals surface area contributed by atoms with Crippen molar-refractivity contribution in [3.63, 3.8) is 0 Å². The largest absolute Gasteiger partial charge is 0.444 e. The van der Waals surface area contributed by atoms with Gasteiger partial charge < -0.3 is 14.6 Å². The van der Waals surface area contributed by atoms with E-state index in [4.69, 9.17) is 4.42 Å². The molecule has 6 nitrogen and oxygen atoms in total. The topological polar surface area (TPSA) is 67.1 Å². The van der Waals surface area contributed by atoms with Gasteiger partial charge in [0.05, 0.1) is 12.7 Å². The van der Waals surface area contributed by atoms with Gasteiger partial charge in [-0.2, -0.15) is 11.8 Å². The first kappa shape index (κ1) is 13.2. The van der Waals surface area contributed by atoms with Gasteiger partial charge >= 0.3 is 0 Å². The number of anilines is 2. The summed E-state index contributed by atoms with van der Waals surface area (Å²) in [6, 6.07) is 1.98. The first-order valence-electron chi connectivity index (χ1n) is 6.61. The summed E-state index contributed by atoms with van der Waals surface area (Å²) in [6.07, 6.45) is 3.31. The highest BCUT2D eigenvalue weighted by Crippen LogP contribution is 2.19. The SMILES string of the molecule is Cc1cnc(CNc2cc(N3CCSCC3)ncn2)o1. The van der Waals surface area contributed by atoms with Crippen molar-refractivity contribution in [2.24, 2.45) is 0 Å². The molecule has 106 valence electrons. The second-order valence-electron chi connectivity index (χ2n) is 4.58. The Labute approximate surface area is 122 Å². The third-order valence-corrected chi connectivity index (χ3v) is 4.02. The van der Waals surface area contributed by atoms with Crippen LogP contribution in [0.1, 0.15) is 11.7 Å². The summed E-state index contributed by atoms with van der Waals surface area (Å²) in [6.45, 7) is 4.49. The molecule has 1 fully saturated rings. The molecule has 1 aliphatic rings. The van der Waals surface area contributed by atoms with Crippen LogP contribution in [0.2, 0.25) is 0 Å². The quantitative estimate of drug-likeness (QED) is 0.923. The van der Waals surface area contributed by atoms with Gasteiger partial charge in [-0.25, -0.2) is 15.0 Å². The van der Waals surface area contributed by atoms with E-state index in [1.54, 1.807) is 12.5 Å². The highest BCUT2D eigenvalue weighted by Gasteiger charge is 2.13. The Hall–Kier alpha value is -1.76. The van der Waals surface area contributed by atoms with Crippen LogP contribution < -0.4 is 10.2 Å². The standard InChI is InChI=1S/C13H17N5OS/c1-10-7-15-13(19-10)8-14-11-6-12(17-9-16-11)18-2-4-20-5-3-18/h6-7,9H,2-5,8H2,1H3,(H,14,16,17). The summed E-state index contributed by atoms with van der Waals surface area (Å²) in [4.78, 5) is 15.0. The van der Waals surface area contributed by atoms with E-state index in [0.717, 1.165) is 42.0 Å². The van der Waals surface area contributed by atoms with Crippen LogP contribution in [0, 0.1) is 6.92 Å². The number of hydrogen-bond acceptors (Lipinski definition) is 7. The Balaban J connectivity index is 1.64. The van der Waals surface area contributed by atoms with Gasteiger partial charge in [-0.15, -0.1) is 0 Å². The maximum Gasteiger partial charge on any atom is 0.213 e. The summed E-state index contributed by atoms with van der Waals surface area (Å²) in [5, 5.41) is 3.21. The number of rotatable bonds is 4. The van der Waals surface area contributed by atoms with Crippen LogP contribution >= 0.6 is 11.8 Å². The number of aromatic nitrogens is 3. The lowest BCUT2D eigenvalue weighted by Crippen LogP contribution is -2.33. The number of oxazole rings is 1. The van der Waals surface area contributed by atoms with E-state index in [1.165, 1.54) is 0 Å². The van der Waals surface area contributed by atoms with E-state index in [0.29, 0.717) is 12.4 Å². The second-order valence-corrected chi connectivity index (χ2v) is 5.80. The molecular weight excluding hydrogens is 274 g/mol. The van der Waals surface area contributed by atoms with Gasteiger partial charge in [-0.05, 0) is 6.92 Å². The van der Waals surface area contributed by atoms with E-state index in [-0.39, 0.29) is 0 Å². The van der Waals surface area contributed by atoms with Crippen LogP contribution in [0.4, 0.5) is 11.6 Å². The Bertz CT molecular complexity index is 567. The van der Waals surface area contributed by atoms with Gasteiger partial charge in [0.1, 0.15) is 23.7 Å². The molecule has 20 heavy (non-hydrogen) atoms. The Morgan fingerprint density at radius 3 is 2.90 bits per heavy atom. The van der Waals surface area contributed by atoms with E-state index >= 15 is 0 Å². The highest BCUT2D eigenvalue weighted by molar-refractivity contribution is 7.99. The van der Waals surface area contributed by atoms with Crippen molar-refractivity contribution in [1.82, 2.24) is 15.0 Å². The molecule has 7 heteroatoms. The van der Waals surface area contributed by atoms with Gasteiger partial charge in [-0.3, -0.25) is 0 Å². The van der Waals surface area contributed by atoms with Crippen molar-refractivity contribution in [3.05, 3.63) is 30.2 Å². The van der Waals surface area contributed by atoms with Crippen molar-refractivity contribution < 1.29 is 4.42 Å². The molecule has 2 aromatic heterocycles. The van der Waals surface area contributed by atoms with Crippen LogP contribution in [0.25, 0.3) is 0 Å². The van der Waals surface area contributed by atoms with Gasteiger partial charge in [0.25, 0.3) is 0 Å². The third-order valence-electron chi connectivity index (χ3n) is 3.08. The first-order chi connectivity index (χ1) is 9.81. The van der Waals surface area contributed by atoms with Crippen molar-refractivity contribution >= 4 is 23.4 Å². The molecule has 0 aliphatic carbocycles. The third kappa shape index (κ3) is 3.22. The maximum absolute atomic E-state index is 5.42. The molecule has 1 aliphatic heterocycles. The zero-order chi connectivity index (χ0) is 13.8. The molecule has 0 amide bonds. The van der Waals surface area contributed by atoms with Crippen molar-refractivity contribution in [2.75, 3.05) is 34.8 Å². The molecule has 3 rings (SSSR count). The van der Waals surface area contributed by atoms with Crippen molar-refractivity contribution in [3.8, 4) is 0 Å². The molecule has 0 radical (unpaired) electrons. The Morgan fingerprint density at radius 2 is 2.15 bits per heavy atom. The van der Waals surface area contributed by atoms with Gasteiger partial charge in [-0.1, -0.05) is 0 Å². The zero-order valence-electron chi connectivity index (χ0n) is 11.4. The van der Waals surface area contributed by atoms with Crippen LogP contribution in [0.5, 0.6) is 0 Å². The lowest BCUT2D eigenvalue weighted by molar-refractivity contribution is 0.479. The number of hydrogen-bond donors (Lipinski definition) is 1. The van der Waals surface area contributed by atoms with Gasteiger partial charge in [0.15, 0.2) is 0 Å². The Kier molecular flexibility index (Phi) is 4.05. The molecule has 0 saturated carbocycles. The second kappa shape index (κ2) is 6.13. The molecule has 0 unspecified atom stereocenters. The molecule has 0 atom stereocenters. The predicted octanol–water partition coefficient (Wildman–Crippen LogP) is 1.94. The van der Waals surface area contributed by atoms with E-state index in [9.17, 15) is 0 Å². The van der Waals surface area contributed by atoms with Gasteiger partial charge in [0, 0.05) is 30.7 Å². The minimum Gasteiger partial charge on any atom is -0.444 e. The fourth-order valence-corrected chi connectivity index (χ4v) is 2.96. The molecule has 0 aromatic carbocycles. The Morgan fingerprint density at radius 1 is 1.30 bits per heavy atom. The zero-order valence-corrected chi connectivity index (χ0v) is 12.2. The number of aryl methyl sites for hydroxylation is 1. The van der Waals surface area contributed by atoms with Crippen molar-refractivity contribution in [1.29, 1.82) is 0 Å². The van der Waals surface area contributed by atoms with Crippen LogP contribution in [-0.4, -0.2) is 39.5 Å². The molecule has 3 heterocycles. The summed E-state index contributed by atoms with van der Waals surface area (Å²) in [7, 11) is 0. The highest BCUT2D eigenvalue weighted by atomic mass is 32.2.